The summed E-state index contributed by atoms with van der Waals surface area (Å²) in [4.78, 5) is 38.5. The van der Waals surface area contributed by atoms with Gasteiger partial charge in [0.05, 0.1) is 6.10 Å². The van der Waals surface area contributed by atoms with E-state index in [9.17, 15) is 14.4 Å². The standard InChI is InChI=1S/C21H29NO4.C2H6/c1-15(2)19(23)20(24)22-14-8-7-11-18(22)21(25)26-16(3)12-13-17-9-5-4-6-10-17;1-2/h4-6,9-10,15-16,18H,7-8,11-14H2,1-3H3;1-2H3/t16?,18-;/m0./s1. The zero-order chi connectivity index (χ0) is 21.1. The topological polar surface area (TPSA) is 63.7 Å². The number of aryl methyl sites for hydroxylation is 1. The van der Waals surface area contributed by atoms with Crippen LogP contribution in [0.4, 0.5) is 0 Å². The van der Waals surface area contributed by atoms with Gasteiger partial charge in [-0.1, -0.05) is 58.0 Å². The van der Waals surface area contributed by atoms with Gasteiger partial charge in [-0.15, -0.1) is 0 Å². The molecule has 1 amide bonds. The second-order valence-electron chi connectivity index (χ2n) is 7.30. The Kier molecular flexibility index (Phi) is 10.5. The van der Waals surface area contributed by atoms with E-state index in [1.165, 1.54) is 10.5 Å². The van der Waals surface area contributed by atoms with Gasteiger partial charge in [0.2, 0.25) is 5.78 Å². The van der Waals surface area contributed by atoms with Crippen LogP contribution in [0.3, 0.4) is 0 Å². The first-order valence-corrected chi connectivity index (χ1v) is 10.5. The SMILES string of the molecule is CC.CC(CCc1ccccc1)OC(=O)[C@@H]1CCCCN1C(=O)C(=O)C(C)C. The number of esters is 1. The summed E-state index contributed by atoms with van der Waals surface area (Å²) >= 11 is 0. The second-order valence-corrected chi connectivity index (χ2v) is 7.30. The van der Waals surface area contributed by atoms with E-state index in [0.29, 0.717) is 13.0 Å². The largest absolute Gasteiger partial charge is 0.461 e. The van der Waals surface area contributed by atoms with Crippen LogP contribution in [0.5, 0.6) is 0 Å². The predicted molar refractivity (Wildman–Crippen MR) is 111 cm³/mol. The Balaban J connectivity index is 0.00000190. The molecule has 1 aromatic rings. The molecule has 0 aliphatic carbocycles. The first-order chi connectivity index (χ1) is 13.4. The van der Waals surface area contributed by atoms with E-state index in [2.05, 4.69) is 0 Å². The van der Waals surface area contributed by atoms with Crippen LogP contribution >= 0.6 is 0 Å². The van der Waals surface area contributed by atoms with Gasteiger partial charge in [-0.3, -0.25) is 9.59 Å². The maximum Gasteiger partial charge on any atom is 0.329 e. The molecule has 0 aromatic heterocycles. The number of likely N-dealkylation sites (tertiary alicyclic amines) is 1. The third-order valence-electron chi connectivity index (χ3n) is 4.77. The maximum absolute atomic E-state index is 12.6. The van der Waals surface area contributed by atoms with E-state index in [0.717, 1.165) is 25.7 Å². The van der Waals surface area contributed by atoms with Crippen molar-refractivity contribution >= 4 is 17.7 Å². The molecule has 0 spiro atoms. The number of Topliss-reactive ketones (excluding diaryl/α,β-unsaturated/α-hetero) is 1. The minimum Gasteiger partial charge on any atom is -0.461 e. The molecule has 2 rings (SSSR count). The number of hydrogen-bond donors (Lipinski definition) is 0. The summed E-state index contributed by atoms with van der Waals surface area (Å²) in [5.41, 5.74) is 1.20. The van der Waals surface area contributed by atoms with Gasteiger partial charge in [-0.25, -0.2) is 4.79 Å². The Labute approximate surface area is 169 Å². The van der Waals surface area contributed by atoms with E-state index in [1.54, 1.807) is 13.8 Å². The van der Waals surface area contributed by atoms with Crippen molar-refractivity contribution in [2.75, 3.05) is 6.54 Å². The van der Waals surface area contributed by atoms with Crippen LogP contribution in [0.2, 0.25) is 0 Å². The predicted octanol–water partition coefficient (Wildman–Crippen LogP) is 4.18. The monoisotopic (exact) mass is 389 g/mol. The molecule has 1 fully saturated rings. The first kappa shape index (κ1) is 23.9. The van der Waals surface area contributed by atoms with Crippen LogP contribution in [-0.2, 0) is 25.5 Å². The molecule has 1 heterocycles. The molecule has 1 aromatic carbocycles. The number of benzene rings is 1. The molecule has 156 valence electrons. The first-order valence-electron chi connectivity index (χ1n) is 10.5. The molecule has 0 bridgehead atoms. The van der Waals surface area contributed by atoms with Gasteiger partial charge >= 0.3 is 5.97 Å². The van der Waals surface area contributed by atoms with Crippen LogP contribution in [0.1, 0.15) is 65.9 Å². The maximum atomic E-state index is 12.6. The van der Waals surface area contributed by atoms with E-state index in [-0.39, 0.29) is 12.0 Å². The average Bonchev–Trinajstić information content (AvgIpc) is 2.73. The Morgan fingerprint density at radius 2 is 1.71 bits per heavy atom. The van der Waals surface area contributed by atoms with E-state index >= 15 is 0 Å². The number of ether oxygens (including phenoxy) is 1. The van der Waals surface area contributed by atoms with Crippen molar-refractivity contribution in [3.05, 3.63) is 35.9 Å². The molecule has 1 aliphatic heterocycles. The van der Waals surface area contributed by atoms with Crippen LogP contribution in [-0.4, -0.2) is 41.3 Å². The number of hydrogen-bond acceptors (Lipinski definition) is 4. The molecular weight excluding hydrogens is 354 g/mol. The molecule has 1 unspecified atom stereocenters. The van der Waals surface area contributed by atoms with Crippen molar-refractivity contribution in [2.24, 2.45) is 5.92 Å². The molecule has 5 heteroatoms. The highest BCUT2D eigenvalue weighted by Gasteiger charge is 2.37. The average molecular weight is 390 g/mol. The zero-order valence-electron chi connectivity index (χ0n) is 17.9. The number of carbonyl (C=O) groups is 3. The second kappa shape index (κ2) is 12.3. The lowest BCUT2D eigenvalue weighted by Gasteiger charge is -2.34. The highest BCUT2D eigenvalue weighted by Crippen LogP contribution is 2.20. The number of carbonyl (C=O) groups excluding carboxylic acids is 3. The molecule has 0 saturated carbocycles. The Morgan fingerprint density at radius 1 is 1.07 bits per heavy atom. The van der Waals surface area contributed by atoms with Gasteiger partial charge in [0.25, 0.3) is 5.91 Å². The van der Waals surface area contributed by atoms with Crippen molar-refractivity contribution in [2.45, 2.75) is 78.9 Å². The van der Waals surface area contributed by atoms with Crippen LogP contribution < -0.4 is 0 Å². The fourth-order valence-electron chi connectivity index (χ4n) is 3.16. The fraction of sp³-hybridized carbons (Fsp3) is 0.609. The summed E-state index contributed by atoms with van der Waals surface area (Å²) < 4.78 is 5.59. The minimum absolute atomic E-state index is 0.234. The van der Waals surface area contributed by atoms with E-state index in [1.807, 2.05) is 51.1 Å². The fourth-order valence-corrected chi connectivity index (χ4v) is 3.16. The quantitative estimate of drug-likeness (QED) is 0.518. The lowest BCUT2D eigenvalue weighted by molar-refractivity contribution is -0.162. The molecule has 0 radical (unpaired) electrons. The Hall–Kier alpha value is -2.17. The van der Waals surface area contributed by atoms with Crippen LogP contribution in [0.25, 0.3) is 0 Å². The molecule has 1 saturated heterocycles. The third kappa shape index (κ3) is 7.10. The number of rotatable bonds is 7. The molecule has 0 N–H and O–H groups in total. The highest BCUT2D eigenvalue weighted by atomic mass is 16.5. The zero-order valence-corrected chi connectivity index (χ0v) is 17.9. The van der Waals surface area contributed by atoms with Gasteiger partial charge in [0, 0.05) is 12.5 Å². The normalized spacial score (nSPS) is 17.4. The summed E-state index contributed by atoms with van der Waals surface area (Å²) in [5.74, 6) is -1.76. The van der Waals surface area contributed by atoms with Crippen molar-refractivity contribution in [3.8, 4) is 0 Å². The summed E-state index contributed by atoms with van der Waals surface area (Å²) in [5, 5.41) is 0. The number of ketones is 1. The molecule has 2 atom stereocenters. The Morgan fingerprint density at radius 3 is 2.32 bits per heavy atom. The minimum atomic E-state index is -0.641. The molecular formula is C23H35NO4. The molecule has 28 heavy (non-hydrogen) atoms. The number of nitrogens with zero attached hydrogens (tertiary/aromatic N) is 1. The van der Waals surface area contributed by atoms with Gasteiger partial charge in [-0.05, 0) is 44.6 Å². The van der Waals surface area contributed by atoms with Gasteiger partial charge in [0.1, 0.15) is 6.04 Å². The van der Waals surface area contributed by atoms with E-state index < -0.39 is 23.7 Å². The molecule has 5 nitrogen and oxygen atoms in total. The summed E-state index contributed by atoms with van der Waals surface area (Å²) in [6.07, 6.45) is 3.54. The number of amides is 1. The lowest BCUT2D eigenvalue weighted by atomic mass is 9.99. The lowest BCUT2D eigenvalue weighted by Crippen LogP contribution is -2.52. The number of piperidine rings is 1. The van der Waals surface area contributed by atoms with Gasteiger partial charge in [0.15, 0.2) is 0 Å². The van der Waals surface area contributed by atoms with Crippen molar-refractivity contribution < 1.29 is 19.1 Å². The molecule has 1 aliphatic rings. The van der Waals surface area contributed by atoms with Gasteiger partial charge < -0.3 is 9.64 Å². The van der Waals surface area contributed by atoms with Crippen molar-refractivity contribution in [3.63, 3.8) is 0 Å². The van der Waals surface area contributed by atoms with E-state index in [4.69, 9.17) is 4.74 Å². The van der Waals surface area contributed by atoms with Crippen LogP contribution in [0, 0.1) is 5.92 Å². The van der Waals surface area contributed by atoms with Gasteiger partial charge in [-0.2, -0.15) is 0 Å². The summed E-state index contributed by atoms with van der Waals surface area (Å²) in [6.45, 7) is 9.71. The summed E-state index contributed by atoms with van der Waals surface area (Å²) in [6, 6.07) is 9.41. The Bertz CT molecular complexity index is 627. The third-order valence-corrected chi connectivity index (χ3v) is 4.77. The van der Waals surface area contributed by atoms with Crippen molar-refractivity contribution in [1.29, 1.82) is 0 Å². The van der Waals surface area contributed by atoms with Crippen molar-refractivity contribution in [1.82, 2.24) is 4.90 Å². The highest BCUT2D eigenvalue weighted by molar-refractivity contribution is 6.37. The van der Waals surface area contributed by atoms with Crippen LogP contribution in [0.15, 0.2) is 30.3 Å². The smallest absolute Gasteiger partial charge is 0.329 e. The summed E-state index contributed by atoms with van der Waals surface area (Å²) in [7, 11) is 0.